The van der Waals surface area contributed by atoms with Crippen molar-refractivity contribution in [1.29, 1.82) is 0 Å². The average molecular weight is 561 g/mol. The fourth-order valence-corrected chi connectivity index (χ4v) is 6.00. The molecular weight excluding hydrogens is 529 g/mol. The van der Waals surface area contributed by atoms with Crippen LogP contribution >= 0.6 is 0 Å². The number of sulfone groups is 1. The minimum Gasteiger partial charge on any atom is -0.383 e. The van der Waals surface area contributed by atoms with Crippen molar-refractivity contribution < 1.29 is 31.1 Å². The number of alkyl halides is 3. The zero-order valence-electron chi connectivity index (χ0n) is 21.7. The lowest BCUT2D eigenvalue weighted by atomic mass is 9.95. The van der Waals surface area contributed by atoms with Gasteiger partial charge in [0.15, 0.2) is 9.84 Å². The molecule has 1 aliphatic rings. The molecule has 10 heteroatoms. The molecule has 0 aromatic heterocycles. The van der Waals surface area contributed by atoms with Crippen LogP contribution in [0.15, 0.2) is 71.6 Å². The molecule has 208 valence electrons. The number of amides is 1. The van der Waals surface area contributed by atoms with Crippen molar-refractivity contribution in [3.63, 3.8) is 0 Å². The highest BCUT2D eigenvalue weighted by atomic mass is 32.2. The van der Waals surface area contributed by atoms with E-state index in [1.807, 2.05) is 12.1 Å². The molecule has 3 aromatic carbocycles. The van der Waals surface area contributed by atoms with E-state index in [1.54, 1.807) is 44.4 Å². The number of primary amides is 1. The molecule has 2 N–H and O–H groups in total. The standard InChI is InChI=1S/C29H31F3N2O4S/c1-3-39(36,37)26-11-4-19(5-12-26)14-21-15-24(10-13-27(21)28(33)35)34-17-22(16-25(34)18-38-2)20-6-8-23(9-7-20)29(30,31)32/h4-13,15,22,25H,3,14,16-18H2,1-2H3,(H2,33,35)/t22?,25-/m1/s1. The van der Waals surface area contributed by atoms with Gasteiger partial charge in [-0.1, -0.05) is 31.2 Å². The Bertz CT molecular complexity index is 1420. The third kappa shape index (κ3) is 6.45. The Morgan fingerprint density at radius 3 is 2.28 bits per heavy atom. The molecule has 1 amide bonds. The Balaban J connectivity index is 1.62. The molecule has 0 saturated carbocycles. The van der Waals surface area contributed by atoms with Gasteiger partial charge < -0.3 is 15.4 Å². The molecule has 1 heterocycles. The highest BCUT2D eigenvalue weighted by molar-refractivity contribution is 7.91. The summed E-state index contributed by atoms with van der Waals surface area (Å²) in [7, 11) is -1.72. The maximum Gasteiger partial charge on any atom is 0.416 e. The first-order chi connectivity index (χ1) is 18.4. The number of hydrogen-bond donors (Lipinski definition) is 1. The van der Waals surface area contributed by atoms with E-state index < -0.39 is 27.5 Å². The second-order valence-corrected chi connectivity index (χ2v) is 12.0. The van der Waals surface area contributed by atoms with Gasteiger partial charge in [0.25, 0.3) is 0 Å². The van der Waals surface area contributed by atoms with Gasteiger partial charge in [-0.25, -0.2) is 8.42 Å². The monoisotopic (exact) mass is 560 g/mol. The fraction of sp³-hybridized carbons (Fsp3) is 0.345. The predicted octanol–water partition coefficient (Wildman–Crippen LogP) is 5.20. The van der Waals surface area contributed by atoms with Crippen molar-refractivity contribution in [3.05, 3.63) is 94.5 Å². The van der Waals surface area contributed by atoms with E-state index in [0.29, 0.717) is 37.1 Å². The minimum atomic E-state index is -4.39. The Hall–Kier alpha value is -3.37. The number of hydrogen-bond acceptors (Lipinski definition) is 5. The van der Waals surface area contributed by atoms with Crippen LogP contribution in [0.25, 0.3) is 0 Å². The van der Waals surface area contributed by atoms with E-state index in [-0.39, 0.29) is 22.6 Å². The van der Waals surface area contributed by atoms with Crippen LogP contribution in [0.4, 0.5) is 18.9 Å². The molecule has 0 radical (unpaired) electrons. The quantitative estimate of drug-likeness (QED) is 0.389. The molecule has 6 nitrogen and oxygen atoms in total. The predicted molar refractivity (Wildman–Crippen MR) is 144 cm³/mol. The number of methoxy groups -OCH3 is 1. The SMILES string of the molecule is CCS(=O)(=O)c1ccc(Cc2cc(N3CC(c4ccc(C(F)(F)F)cc4)C[C@@H]3COC)ccc2C(N)=O)cc1. The van der Waals surface area contributed by atoms with Gasteiger partial charge in [-0.3, -0.25) is 4.79 Å². The smallest absolute Gasteiger partial charge is 0.383 e. The Morgan fingerprint density at radius 2 is 1.72 bits per heavy atom. The summed E-state index contributed by atoms with van der Waals surface area (Å²) in [6.45, 7) is 2.58. The highest BCUT2D eigenvalue weighted by Gasteiger charge is 2.35. The van der Waals surface area contributed by atoms with Crippen LogP contribution in [0.1, 0.15) is 51.9 Å². The second-order valence-electron chi connectivity index (χ2n) is 9.74. The summed E-state index contributed by atoms with van der Waals surface area (Å²) >= 11 is 0. The molecule has 39 heavy (non-hydrogen) atoms. The van der Waals surface area contributed by atoms with E-state index in [2.05, 4.69) is 4.90 Å². The number of carbonyl (C=O) groups excluding carboxylic acids is 1. The summed E-state index contributed by atoms with van der Waals surface area (Å²) in [5.41, 5.74) is 8.52. The van der Waals surface area contributed by atoms with E-state index in [4.69, 9.17) is 10.5 Å². The molecule has 1 aliphatic heterocycles. The minimum absolute atomic E-state index is 0.000223. The van der Waals surface area contributed by atoms with Crippen LogP contribution in [-0.4, -0.2) is 46.4 Å². The third-order valence-electron chi connectivity index (χ3n) is 7.23. The number of ether oxygens (including phenoxy) is 1. The molecule has 2 atom stereocenters. The number of nitrogens with zero attached hydrogens (tertiary/aromatic N) is 1. The van der Waals surface area contributed by atoms with Crippen LogP contribution in [0.2, 0.25) is 0 Å². The van der Waals surface area contributed by atoms with Gasteiger partial charge >= 0.3 is 6.18 Å². The first-order valence-electron chi connectivity index (χ1n) is 12.6. The number of benzene rings is 3. The lowest BCUT2D eigenvalue weighted by Gasteiger charge is -2.27. The van der Waals surface area contributed by atoms with Gasteiger partial charge in [0, 0.05) is 30.8 Å². The van der Waals surface area contributed by atoms with Crippen LogP contribution in [-0.2, 0) is 27.2 Å². The summed E-state index contributed by atoms with van der Waals surface area (Å²) < 4.78 is 68.8. The number of halogens is 3. The van der Waals surface area contributed by atoms with Gasteiger partial charge in [-0.15, -0.1) is 0 Å². The van der Waals surface area contributed by atoms with Crippen molar-refractivity contribution in [3.8, 4) is 0 Å². The summed E-state index contributed by atoms with van der Waals surface area (Å²) in [5.74, 6) is -0.564. The maximum atomic E-state index is 13.0. The number of anilines is 1. The summed E-state index contributed by atoms with van der Waals surface area (Å²) in [5, 5.41) is 0. The third-order valence-corrected chi connectivity index (χ3v) is 8.98. The van der Waals surface area contributed by atoms with Crippen LogP contribution in [0, 0.1) is 0 Å². The van der Waals surface area contributed by atoms with Gasteiger partial charge in [0.1, 0.15) is 0 Å². The summed E-state index contributed by atoms with van der Waals surface area (Å²) in [6.07, 6.45) is -3.33. The highest BCUT2D eigenvalue weighted by Crippen LogP contribution is 2.38. The van der Waals surface area contributed by atoms with Crippen molar-refractivity contribution in [2.24, 2.45) is 5.73 Å². The maximum absolute atomic E-state index is 13.0. The van der Waals surface area contributed by atoms with Crippen molar-refractivity contribution in [2.45, 2.75) is 42.8 Å². The first kappa shape index (κ1) is 28.6. The summed E-state index contributed by atoms with van der Waals surface area (Å²) in [4.78, 5) is 14.6. The fourth-order valence-electron chi connectivity index (χ4n) is 5.12. The molecule has 1 unspecified atom stereocenters. The van der Waals surface area contributed by atoms with E-state index >= 15 is 0 Å². The van der Waals surface area contributed by atoms with E-state index in [0.717, 1.165) is 28.9 Å². The van der Waals surface area contributed by atoms with Crippen molar-refractivity contribution in [1.82, 2.24) is 0 Å². The Kier molecular flexibility index (Phi) is 8.37. The number of carbonyl (C=O) groups is 1. The number of nitrogens with two attached hydrogens (primary N) is 1. The average Bonchev–Trinajstić information content (AvgIpc) is 3.32. The summed E-state index contributed by atoms with van der Waals surface area (Å²) in [6, 6.07) is 17.2. The van der Waals surface area contributed by atoms with Gasteiger partial charge in [0.2, 0.25) is 5.91 Å². The van der Waals surface area contributed by atoms with Crippen LogP contribution in [0.5, 0.6) is 0 Å². The first-order valence-corrected chi connectivity index (χ1v) is 14.2. The molecule has 0 spiro atoms. The van der Waals surface area contributed by atoms with Gasteiger partial charge in [-0.05, 0) is 72.0 Å². The molecule has 3 aromatic rings. The molecule has 0 aliphatic carbocycles. The van der Waals surface area contributed by atoms with Crippen LogP contribution in [0.3, 0.4) is 0 Å². The molecule has 0 bridgehead atoms. The van der Waals surface area contributed by atoms with Crippen LogP contribution < -0.4 is 10.6 Å². The van der Waals surface area contributed by atoms with Crippen molar-refractivity contribution >= 4 is 21.4 Å². The van der Waals surface area contributed by atoms with Gasteiger partial charge in [0.05, 0.1) is 28.9 Å². The van der Waals surface area contributed by atoms with E-state index in [1.165, 1.54) is 12.1 Å². The molecule has 1 saturated heterocycles. The number of rotatable bonds is 9. The zero-order valence-corrected chi connectivity index (χ0v) is 22.6. The van der Waals surface area contributed by atoms with Gasteiger partial charge in [-0.2, -0.15) is 13.2 Å². The van der Waals surface area contributed by atoms with Crippen molar-refractivity contribution in [2.75, 3.05) is 30.9 Å². The molecule has 1 fully saturated rings. The lowest BCUT2D eigenvalue weighted by Crippen LogP contribution is -2.33. The normalized spacial score (nSPS) is 17.9. The molecule has 4 rings (SSSR count). The lowest BCUT2D eigenvalue weighted by molar-refractivity contribution is -0.137. The Labute approximate surface area is 226 Å². The second kappa shape index (κ2) is 11.4. The topological polar surface area (TPSA) is 89.7 Å². The molecular formula is C29H31F3N2O4S. The Morgan fingerprint density at radius 1 is 1.05 bits per heavy atom. The van der Waals surface area contributed by atoms with E-state index in [9.17, 15) is 26.4 Å². The largest absolute Gasteiger partial charge is 0.416 e. The zero-order chi connectivity index (χ0) is 28.4.